The molecule has 0 atom stereocenters. The second kappa shape index (κ2) is 11.9. The van der Waals surface area contributed by atoms with Gasteiger partial charge in [0.25, 0.3) is 0 Å². The van der Waals surface area contributed by atoms with Gasteiger partial charge in [0, 0.05) is 49.4 Å². The van der Waals surface area contributed by atoms with Crippen molar-refractivity contribution in [2.45, 2.75) is 0 Å². The molecule has 0 saturated heterocycles. The van der Waals surface area contributed by atoms with Gasteiger partial charge in [0.05, 0.1) is 33.1 Å². The van der Waals surface area contributed by atoms with E-state index in [2.05, 4.69) is 155 Å². The highest BCUT2D eigenvalue weighted by molar-refractivity contribution is 6.24. The number of furan rings is 1. The van der Waals surface area contributed by atoms with Crippen LogP contribution < -0.4 is 0 Å². The third-order valence-electron chi connectivity index (χ3n) is 11.2. The van der Waals surface area contributed by atoms with Crippen LogP contribution in [-0.4, -0.2) is 24.1 Å². The van der Waals surface area contributed by atoms with E-state index in [1.54, 1.807) is 0 Å². The van der Waals surface area contributed by atoms with E-state index in [1.807, 2.05) is 47.1 Å². The predicted octanol–water partition coefficient (Wildman–Crippen LogP) is 12.7. The minimum Gasteiger partial charge on any atom is -0.456 e. The summed E-state index contributed by atoms with van der Waals surface area (Å²) in [6.07, 6.45) is 0. The maximum absolute atomic E-state index is 6.40. The zero-order valence-corrected chi connectivity index (χ0v) is 30.0. The van der Waals surface area contributed by atoms with E-state index in [1.165, 1.54) is 16.2 Å². The number of hydrogen-bond acceptors (Lipinski definition) is 3. The molecule has 0 N–H and O–H groups in total. The minimum atomic E-state index is 0.843. The van der Waals surface area contributed by atoms with E-state index in [0.29, 0.717) is 0 Å². The average molecular weight is 718 g/mol. The Morgan fingerprint density at radius 2 is 1.02 bits per heavy atom. The van der Waals surface area contributed by atoms with E-state index >= 15 is 0 Å². The molecule has 0 aliphatic rings. The molecule has 262 valence electrons. The number of nitrogens with zero attached hydrogens (tertiary/aromatic N) is 5. The summed E-state index contributed by atoms with van der Waals surface area (Å²) < 4.78 is 13.2. The topological polar surface area (TPSA) is 53.7 Å². The summed E-state index contributed by atoms with van der Waals surface area (Å²) >= 11 is 0. The molecule has 0 fully saturated rings. The third-order valence-corrected chi connectivity index (χ3v) is 11.2. The third kappa shape index (κ3) is 4.44. The van der Waals surface area contributed by atoms with Crippen molar-refractivity contribution in [1.82, 2.24) is 24.1 Å². The Bertz CT molecular complexity index is 3420. The molecule has 12 aromatic rings. The lowest BCUT2D eigenvalue weighted by Gasteiger charge is -2.13. The van der Waals surface area contributed by atoms with Crippen molar-refractivity contribution >= 4 is 65.6 Å². The van der Waals surface area contributed by atoms with Crippen LogP contribution >= 0.6 is 0 Å². The van der Waals surface area contributed by atoms with Gasteiger partial charge in [0.2, 0.25) is 0 Å². The molecule has 6 heteroatoms. The number of aromatic nitrogens is 5. The van der Waals surface area contributed by atoms with E-state index in [0.717, 1.165) is 89.0 Å². The second-order valence-electron chi connectivity index (χ2n) is 14.3. The molecule has 0 aliphatic carbocycles. The Labute approximate surface area is 320 Å². The molecule has 0 saturated carbocycles. The van der Waals surface area contributed by atoms with Crippen LogP contribution in [0.15, 0.2) is 192 Å². The molecule has 4 heterocycles. The lowest BCUT2D eigenvalue weighted by molar-refractivity contribution is 0.669. The van der Waals surface area contributed by atoms with Crippen LogP contribution in [0.3, 0.4) is 0 Å². The van der Waals surface area contributed by atoms with Crippen LogP contribution in [0.1, 0.15) is 0 Å². The molecule has 0 aliphatic heterocycles. The molecule has 0 spiro atoms. The highest BCUT2D eigenvalue weighted by atomic mass is 16.3. The Kier molecular flexibility index (Phi) is 6.53. The van der Waals surface area contributed by atoms with Crippen LogP contribution in [-0.2, 0) is 0 Å². The molecule has 0 radical (unpaired) electrons. The van der Waals surface area contributed by atoms with Crippen molar-refractivity contribution in [1.29, 1.82) is 0 Å². The summed E-state index contributed by atoms with van der Waals surface area (Å²) in [6.45, 7) is 0. The van der Waals surface area contributed by atoms with Crippen molar-refractivity contribution in [2.75, 3.05) is 0 Å². The smallest absolute Gasteiger partial charge is 0.137 e. The lowest BCUT2D eigenvalue weighted by Crippen LogP contribution is -2.00. The lowest BCUT2D eigenvalue weighted by atomic mass is 10.0. The van der Waals surface area contributed by atoms with E-state index in [4.69, 9.17) is 14.7 Å². The quantitative estimate of drug-likeness (QED) is 0.178. The van der Waals surface area contributed by atoms with Gasteiger partial charge in [-0.3, -0.25) is 0 Å². The van der Waals surface area contributed by atoms with Crippen LogP contribution in [0.2, 0.25) is 0 Å². The first-order valence-corrected chi connectivity index (χ1v) is 18.8. The van der Waals surface area contributed by atoms with Crippen molar-refractivity contribution in [3.05, 3.63) is 188 Å². The average Bonchev–Trinajstić information content (AvgIpc) is 4.03. The zero-order chi connectivity index (χ0) is 36.7. The Hall–Kier alpha value is -7.70. The van der Waals surface area contributed by atoms with E-state index in [9.17, 15) is 0 Å². The first-order valence-electron chi connectivity index (χ1n) is 18.8. The Morgan fingerprint density at radius 1 is 0.393 bits per heavy atom. The van der Waals surface area contributed by atoms with Crippen LogP contribution in [0.25, 0.3) is 105 Å². The number of hydrogen-bond donors (Lipinski definition) is 0. The first kappa shape index (κ1) is 30.7. The van der Waals surface area contributed by atoms with Gasteiger partial charge in [0.15, 0.2) is 0 Å². The highest BCUT2D eigenvalue weighted by Crippen LogP contribution is 2.42. The molecule has 12 rings (SSSR count). The van der Waals surface area contributed by atoms with Gasteiger partial charge in [-0.15, -0.1) is 5.10 Å². The fraction of sp³-hybridized carbons (Fsp3) is 0. The van der Waals surface area contributed by atoms with Crippen molar-refractivity contribution in [3.8, 4) is 39.6 Å². The monoisotopic (exact) mass is 717 g/mol. The summed E-state index contributed by atoms with van der Waals surface area (Å²) in [5.74, 6) is 0. The molecule has 8 aromatic carbocycles. The molecular formula is C50H31N5O. The number of rotatable bonds is 5. The molecule has 0 amide bonds. The van der Waals surface area contributed by atoms with Gasteiger partial charge < -0.3 is 13.6 Å². The molecule has 6 nitrogen and oxygen atoms in total. The van der Waals surface area contributed by atoms with Gasteiger partial charge in [-0.1, -0.05) is 120 Å². The van der Waals surface area contributed by atoms with Crippen molar-refractivity contribution < 1.29 is 4.42 Å². The zero-order valence-electron chi connectivity index (χ0n) is 30.0. The number of benzene rings is 8. The molecule has 0 bridgehead atoms. The van der Waals surface area contributed by atoms with Crippen LogP contribution in [0.5, 0.6) is 0 Å². The van der Waals surface area contributed by atoms with Gasteiger partial charge in [-0.2, -0.15) is 0 Å². The first-order chi connectivity index (χ1) is 27.8. The van der Waals surface area contributed by atoms with Gasteiger partial charge >= 0.3 is 0 Å². The summed E-state index contributed by atoms with van der Waals surface area (Å²) in [6, 6.07) is 66.2. The largest absolute Gasteiger partial charge is 0.456 e. The molecule has 0 unspecified atom stereocenters. The summed E-state index contributed by atoms with van der Waals surface area (Å²) in [5.41, 5.74) is 13.3. The molecular weight excluding hydrogens is 687 g/mol. The SMILES string of the molecule is c1ccc(-c2nnn(-c3ccccc3)c2-c2ccc3c(c2)c2ccccc2n3-c2cccc(-n3c4ccccc4c4ccc5oc6ccccc6c5c43)c2)cc1. The Morgan fingerprint density at radius 3 is 1.82 bits per heavy atom. The minimum absolute atomic E-state index is 0.843. The maximum Gasteiger partial charge on any atom is 0.137 e. The van der Waals surface area contributed by atoms with Crippen LogP contribution in [0, 0.1) is 0 Å². The number of fused-ring (bicyclic) bond motifs is 10. The Balaban J connectivity index is 1.09. The second-order valence-corrected chi connectivity index (χ2v) is 14.3. The van der Waals surface area contributed by atoms with Crippen LogP contribution in [0.4, 0.5) is 0 Å². The fourth-order valence-corrected chi connectivity index (χ4v) is 8.78. The molecule has 56 heavy (non-hydrogen) atoms. The summed E-state index contributed by atoms with van der Waals surface area (Å²) in [5, 5.41) is 16.4. The number of para-hydroxylation sites is 4. The maximum atomic E-state index is 6.40. The van der Waals surface area contributed by atoms with Gasteiger partial charge in [-0.25, -0.2) is 4.68 Å². The standard InChI is InChI=1S/C50H31N5O/c1-3-14-32(15-4-1)48-49(55(52-51-48)34-16-5-2-6-17-34)33-26-28-44-41(30-33)38-21-8-10-23-42(38)53(44)35-18-13-19-36(31-35)54-43-24-11-7-20-37(43)39-27-29-46-47(50(39)54)40-22-9-12-25-45(40)56-46/h1-31H. The fourth-order valence-electron chi connectivity index (χ4n) is 8.78. The predicted molar refractivity (Wildman–Crippen MR) is 228 cm³/mol. The highest BCUT2D eigenvalue weighted by Gasteiger charge is 2.22. The van der Waals surface area contributed by atoms with Gasteiger partial charge in [0.1, 0.15) is 22.6 Å². The summed E-state index contributed by atoms with van der Waals surface area (Å²) in [7, 11) is 0. The normalized spacial score (nSPS) is 11.9. The van der Waals surface area contributed by atoms with Gasteiger partial charge in [-0.05, 0) is 72.8 Å². The van der Waals surface area contributed by atoms with E-state index in [-0.39, 0.29) is 0 Å². The summed E-state index contributed by atoms with van der Waals surface area (Å²) in [4.78, 5) is 0. The van der Waals surface area contributed by atoms with Crippen molar-refractivity contribution in [3.63, 3.8) is 0 Å². The van der Waals surface area contributed by atoms with Crippen molar-refractivity contribution in [2.24, 2.45) is 0 Å². The van der Waals surface area contributed by atoms with E-state index < -0.39 is 0 Å². The molecule has 4 aromatic heterocycles.